The number of carbonyl (C=O) groups is 2. The summed E-state index contributed by atoms with van der Waals surface area (Å²) in [5.41, 5.74) is 4.86. The summed E-state index contributed by atoms with van der Waals surface area (Å²) in [6.07, 6.45) is 2.64. The van der Waals surface area contributed by atoms with Crippen LogP contribution < -0.4 is 15.4 Å². The highest BCUT2D eigenvalue weighted by atomic mass is 32.1. The number of nitrogens with zero attached hydrogens (tertiary/aromatic N) is 3. The Morgan fingerprint density at radius 2 is 1.95 bits per heavy atom. The second kappa shape index (κ2) is 14.0. The minimum absolute atomic E-state index is 0.0885. The normalized spacial score (nSPS) is 20.7. The van der Waals surface area contributed by atoms with E-state index in [1.807, 2.05) is 57.5 Å². The molecule has 232 valence electrons. The molecule has 2 fully saturated rings. The smallest absolute Gasteiger partial charge is 0.254 e. The maximum absolute atomic E-state index is 13.9. The van der Waals surface area contributed by atoms with Crippen molar-refractivity contribution in [3.8, 4) is 16.3 Å². The third kappa shape index (κ3) is 7.45. The highest BCUT2D eigenvalue weighted by molar-refractivity contribution is 7.13. The molecular formula is C32H43N5O5S. The number of rotatable bonds is 11. The quantitative estimate of drug-likeness (QED) is 0.291. The van der Waals surface area contributed by atoms with Crippen LogP contribution in [-0.2, 0) is 9.59 Å². The molecule has 0 radical (unpaired) electrons. The average molecular weight is 610 g/mol. The zero-order chi connectivity index (χ0) is 30.5. The summed E-state index contributed by atoms with van der Waals surface area (Å²) < 4.78 is 11.5. The Labute approximate surface area is 257 Å². The van der Waals surface area contributed by atoms with Gasteiger partial charge in [0.2, 0.25) is 11.8 Å². The molecule has 4 heterocycles. The van der Waals surface area contributed by atoms with Crippen molar-refractivity contribution in [3.05, 3.63) is 52.9 Å². The van der Waals surface area contributed by atoms with Crippen molar-refractivity contribution in [1.82, 2.24) is 25.7 Å². The molecule has 2 unspecified atom stereocenters. The topological polar surface area (TPSA) is 130 Å². The van der Waals surface area contributed by atoms with Gasteiger partial charge in [0.15, 0.2) is 5.76 Å². The van der Waals surface area contributed by atoms with E-state index in [9.17, 15) is 14.7 Å². The van der Waals surface area contributed by atoms with Gasteiger partial charge in [0.25, 0.3) is 5.88 Å². The van der Waals surface area contributed by atoms with Crippen LogP contribution in [-0.4, -0.2) is 70.3 Å². The molecular weight excluding hydrogens is 566 g/mol. The van der Waals surface area contributed by atoms with Crippen LogP contribution in [0.5, 0.6) is 5.88 Å². The number of ether oxygens (including phenoxy) is 1. The Hall–Kier alpha value is -3.28. The molecule has 2 aromatic heterocycles. The predicted molar refractivity (Wildman–Crippen MR) is 165 cm³/mol. The van der Waals surface area contributed by atoms with E-state index in [1.54, 1.807) is 17.4 Å². The number of nitrogens with one attached hydrogen (secondary N) is 2. The molecule has 5 rings (SSSR count). The second-order valence-electron chi connectivity index (χ2n) is 12.1. The Balaban J connectivity index is 1.22. The minimum Gasteiger partial charge on any atom is -0.475 e. The van der Waals surface area contributed by atoms with Crippen molar-refractivity contribution in [2.45, 2.75) is 77.5 Å². The van der Waals surface area contributed by atoms with E-state index < -0.39 is 18.1 Å². The molecule has 0 spiro atoms. The van der Waals surface area contributed by atoms with Crippen LogP contribution in [0.25, 0.3) is 10.4 Å². The fourth-order valence-electron chi connectivity index (χ4n) is 6.10. The van der Waals surface area contributed by atoms with E-state index in [1.165, 1.54) is 4.90 Å². The van der Waals surface area contributed by atoms with Gasteiger partial charge in [0.1, 0.15) is 12.0 Å². The van der Waals surface area contributed by atoms with Gasteiger partial charge in [-0.2, -0.15) is 0 Å². The number of aliphatic hydroxyl groups excluding tert-OH is 1. The van der Waals surface area contributed by atoms with Crippen molar-refractivity contribution in [3.63, 3.8) is 0 Å². The molecule has 2 saturated heterocycles. The molecule has 2 amide bonds. The Bertz CT molecular complexity index is 1370. The molecule has 10 nitrogen and oxygen atoms in total. The zero-order valence-corrected chi connectivity index (χ0v) is 26.2. The van der Waals surface area contributed by atoms with Gasteiger partial charge in [-0.05, 0) is 74.3 Å². The molecule has 2 aliphatic heterocycles. The fourth-order valence-corrected chi connectivity index (χ4v) is 6.91. The van der Waals surface area contributed by atoms with Crippen molar-refractivity contribution in [2.24, 2.45) is 11.8 Å². The van der Waals surface area contributed by atoms with Crippen molar-refractivity contribution >= 4 is 23.2 Å². The molecule has 3 aromatic rings. The largest absolute Gasteiger partial charge is 0.475 e. The van der Waals surface area contributed by atoms with Crippen molar-refractivity contribution in [2.75, 3.05) is 26.2 Å². The van der Waals surface area contributed by atoms with Gasteiger partial charge >= 0.3 is 0 Å². The van der Waals surface area contributed by atoms with Crippen LogP contribution in [0.1, 0.15) is 75.4 Å². The van der Waals surface area contributed by atoms with Crippen LogP contribution in [0.2, 0.25) is 0 Å². The van der Waals surface area contributed by atoms with Gasteiger partial charge in [-0.1, -0.05) is 38.1 Å². The van der Waals surface area contributed by atoms with Crippen LogP contribution in [0, 0.1) is 18.8 Å². The first kappa shape index (κ1) is 31.2. The summed E-state index contributed by atoms with van der Waals surface area (Å²) in [5.74, 6) is 0.0740. The molecule has 0 bridgehead atoms. The number of likely N-dealkylation sites (tertiary alicyclic amines) is 1. The highest BCUT2D eigenvalue weighted by Gasteiger charge is 2.43. The Morgan fingerprint density at radius 3 is 2.63 bits per heavy atom. The van der Waals surface area contributed by atoms with Gasteiger partial charge in [-0.3, -0.25) is 9.59 Å². The average Bonchev–Trinajstić information content (AvgIpc) is 3.73. The third-order valence-electron chi connectivity index (χ3n) is 8.62. The number of carbonyl (C=O) groups excluding carboxylic acids is 2. The van der Waals surface area contributed by atoms with Gasteiger partial charge in [-0.15, -0.1) is 11.3 Å². The van der Waals surface area contributed by atoms with E-state index in [2.05, 4.69) is 20.8 Å². The first-order chi connectivity index (χ1) is 20.7. The number of aromatic nitrogens is 2. The Kier molecular flexibility index (Phi) is 10.1. The van der Waals surface area contributed by atoms with E-state index in [0.29, 0.717) is 24.2 Å². The fraction of sp³-hybridized carbons (Fsp3) is 0.562. The molecule has 1 aromatic carbocycles. The van der Waals surface area contributed by atoms with E-state index >= 15 is 0 Å². The SMILES string of the molecule is Cc1ncsc1-c1ccc(C(C)NC(=O)[C@@H]2C[C@@H](O)CN2C(=O)C(c2cc(OCCC3CCNCC3)no2)C(C)C)cc1. The van der Waals surface area contributed by atoms with E-state index in [4.69, 9.17) is 9.26 Å². The number of amides is 2. The van der Waals surface area contributed by atoms with Crippen LogP contribution in [0.4, 0.5) is 0 Å². The number of piperidine rings is 1. The minimum atomic E-state index is -0.784. The zero-order valence-electron chi connectivity index (χ0n) is 25.4. The summed E-state index contributed by atoms with van der Waals surface area (Å²) in [6, 6.07) is 8.68. The lowest BCUT2D eigenvalue weighted by Crippen LogP contribution is -2.48. The summed E-state index contributed by atoms with van der Waals surface area (Å²) in [7, 11) is 0. The standard InChI is InChI=1S/C32H43N5O5S/c1-19(2)29(27-16-28(36-42-27)41-14-11-22-9-12-33-13-10-22)32(40)37-17-25(38)15-26(37)31(39)35-20(3)23-5-7-24(8-6-23)30-21(4)34-18-43-30/h5-8,16,18-20,22,25-26,29,33,38H,9-15,17H2,1-4H3,(H,35,39)/t20?,25-,26+,29?/m1/s1. The number of aliphatic hydroxyl groups is 1. The molecule has 0 saturated carbocycles. The van der Waals surface area contributed by atoms with E-state index in [0.717, 1.165) is 54.0 Å². The van der Waals surface area contributed by atoms with E-state index in [-0.39, 0.29) is 36.7 Å². The van der Waals surface area contributed by atoms with Crippen molar-refractivity contribution < 1.29 is 24.0 Å². The summed E-state index contributed by atoms with van der Waals surface area (Å²) in [5, 5.41) is 21.0. The number of benzene rings is 1. The maximum Gasteiger partial charge on any atom is 0.254 e. The lowest BCUT2D eigenvalue weighted by molar-refractivity contribution is -0.141. The summed E-state index contributed by atoms with van der Waals surface area (Å²) >= 11 is 1.60. The maximum atomic E-state index is 13.9. The molecule has 43 heavy (non-hydrogen) atoms. The second-order valence-corrected chi connectivity index (χ2v) is 13.0. The number of thiazole rings is 1. The lowest BCUT2D eigenvalue weighted by Gasteiger charge is -2.29. The monoisotopic (exact) mass is 609 g/mol. The van der Waals surface area contributed by atoms with Crippen LogP contribution >= 0.6 is 11.3 Å². The molecule has 3 N–H and O–H groups in total. The van der Waals surface area contributed by atoms with Crippen LogP contribution in [0.3, 0.4) is 0 Å². The lowest BCUT2D eigenvalue weighted by atomic mass is 9.91. The van der Waals surface area contributed by atoms with Gasteiger partial charge in [0.05, 0.1) is 34.8 Å². The summed E-state index contributed by atoms with van der Waals surface area (Å²) in [6.45, 7) is 10.5. The number of hydrogen-bond acceptors (Lipinski definition) is 9. The first-order valence-electron chi connectivity index (χ1n) is 15.3. The molecule has 11 heteroatoms. The molecule has 4 atom stereocenters. The van der Waals surface area contributed by atoms with Gasteiger partial charge in [-0.25, -0.2) is 4.98 Å². The van der Waals surface area contributed by atoms with Crippen molar-refractivity contribution in [1.29, 1.82) is 0 Å². The van der Waals surface area contributed by atoms with Gasteiger partial charge < -0.3 is 29.9 Å². The van der Waals surface area contributed by atoms with Gasteiger partial charge in [0, 0.05) is 19.0 Å². The molecule has 2 aliphatic rings. The molecule has 0 aliphatic carbocycles. The number of β-amino-alcohol motifs (C(OH)–C–C–N with tert-alkyl or cyclic N) is 1. The predicted octanol–water partition coefficient (Wildman–Crippen LogP) is 4.45. The number of aryl methyl sites for hydroxylation is 1. The van der Waals surface area contributed by atoms with Crippen LogP contribution in [0.15, 0.2) is 40.4 Å². The summed E-state index contributed by atoms with van der Waals surface area (Å²) in [4.78, 5) is 34.3. The highest BCUT2D eigenvalue weighted by Crippen LogP contribution is 2.33. The Morgan fingerprint density at radius 1 is 1.21 bits per heavy atom. The first-order valence-corrected chi connectivity index (χ1v) is 16.2. The third-order valence-corrected chi connectivity index (χ3v) is 9.60. The number of hydrogen-bond donors (Lipinski definition) is 3.